The number of para-hydroxylation sites is 2. The molecule has 0 bridgehead atoms. The molecule has 3 aromatic rings. The van der Waals surface area contributed by atoms with Crippen LogP contribution in [-0.4, -0.2) is 65.0 Å². The number of rotatable bonds is 7. The fourth-order valence-corrected chi connectivity index (χ4v) is 3.83. The minimum Gasteiger partial charge on any atom is -0.495 e. The molecular formula is C23H24ClN5O4. The van der Waals surface area contributed by atoms with Gasteiger partial charge in [0.15, 0.2) is 5.82 Å². The second-order valence-electron chi connectivity index (χ2n) is 7.58. The van der Waals surface area contributed by atoms with Crippen molar-refractivity contribution in [2.45, 2.75) is 13.0 Å². The molecule has 9 nitrogen and oxygen atoms in total. The molecule has 1 aromatic heterocycles. The van der Waals surface area contributed by atoms with E-state index in [1.165, 1.54) is 0 Å². The Morgan fingerprint density at radius 3 is 2.58 bits per heavy atom. The van der Waals surface area contributed by atoms with E-state index in [2.05, 4.69) is 20.4 Å². The van der Waals surface area contributed by atoms with Crippen molar-refractivity contribution in [3.63, 3.8) is 0 Å². The van der Waals surface area contributed by atoms with Crippen LogP contribution >= 0.6 is 11.6 Å². The number of carbonyl (C=O) groups is 2. The van der Waals surface area contributed by atoms with Crippen LogP contribution in [0, 0.1) is 0 Å². The van der Waals surface area contributed by atoms with E-state index in [0.29, 0.717) is 66.5 Å². The Kier molecular flexibility index (Phi) is 7.21. The molecule has 0 aliphatic carbocycles. The molecule has 0 radical (unpaired) electrons. The van der Waals surface area contributed by atoms with Crippen LogP contribution in [0.15, 0.2) is 53.1 Å². The second kappa shape index (κ2) is 10.5. The van der Waals surface area contributed by atoms with E-state index < -0.39 is 0 Å². The van der Waals surface area contributed by atoms with Gasteiger partial charge in [0, 0.05) is 26.2 Å². The SMILES string of the molecule is COc1ccccc1NC(=O)Cc1noc(CN2CCN(C(=O)c3ccccc3Cl)CC2)n1. The van der Waals surface area contributed by atoms with Gasteiger partial charge in [0.1, 0.15) is 5.75 Å². The van der Waals surface area contributed by atoms with Gasteiger partial charge in [-0.15, -0.1) is 0 Å². The van der Waals surface area contributed by atoms with Crippen LogP contribution in [0.1, 0.15) is 22.1 Å². The maximum Gasteiger partial charge on any atom is 0.255 e. The fraction of sp³-hybridized carbons (Fsp3) is 0.304. The summed E-state index contributed by atoms with van der Waals surface area (Å²) in [6.45, 7) is 2.94. The highest BCUT2D eigenvalue weighted by atomic mass is 35.5. The highest BCUT2D eigenvalue weighted by Crippen LogP contribution is 2.23. The summed E-state index contributed by atoms with van der Waals surface area (Å²) < 4.78 is 10.6. The number of benzene rings is 2. The molecule has 4 rings (SSSR count). The summed E-state index contributed by atoms with van der Waals surface area (Å²) >= 11 is 6.15. The van der Waals surface area contributed by atoms with E-state index in [1.54, 1.807) is 48.4 Å². The van der Waals surface area contributed by atoms with Crippen molar-refractivity contribution in [3.8, 4) is 5.75 Å². The third-order valence-electron chi connectivity index (χ3n) is 5.33. The second-order valence-corrected chi connectivity index (χ2v) is 7.98. The van der Waals surface area contributed by atoms with Gasteiger partial charge in [-0.2, -0.15) is 4.98 Å². The van der Waals surface area contributed by atoms with Gasteiger partial charge < -0.3 is 19.5 Å². The largest absolute Gasteiger partial charge is 0.495 e. The van der Waals surface area contributed by atoms with Gasteiger partial charge in [-0.3, -0.25) is 14.5 Å². The third kappa shape index (κ3) is 5.68. The lowest BCUT2D eigenvalue weighted by atomic mass is 10.2. The lowest BCUT2D eigenvalue weighted by molar-refractivity contribution is -0.115. The number of nitrogens with zero attached hydrogens (tertiary/aromatic N) is 4. The van der Waals surface area contributed by atoms with Gasteiger partial charge >= 0.3 is 0 Å². The number of piperazine rings is 1. The molecule has 0 saturated carbocycles. The minimum absolute atomic E-state index is 0.0122. The monoisotopic (exact) mass is 469 g/mol. The molecule has 1 fully saturated rings. The third-order valence-corrected chi connectivity index (χ3v) is 5.66. The standard InChI is InChI=1S/C23H24ClN5O4/c1-32-19-9-5-4-8-18(19)25-21(30)14-20-26-22(33-27-20)15-28-10-12-29(13-11-28)23(31)16-6-2-3-7-17(16)24/h2-9H,10-15H2,1H3,(H,25,30). The van der Waals surface area contributed by atoms with Crippen LogP contribution in [-0.2, 0) is 17.8 Å². The maximum absolute atomic E-state index is 12.7. The lowest BCUT2D eigenvalue weighted by Crippen LogP contribution is -2.48. The number of methoxy groups -OCH3 is 1. The molecule has 1 aliphatic heterocycles. The first-order chi connectivity index (χ1) is 16.0. The van der Waals surface area contributed by atoms with E-state index in [9.17, 15) is 9.59 Å². The summed E-state index contributed by atoms with van der Waals surface area (Å²) in [6.07, 6.45) is -0.0122. The molecule has 172 valence electrons. The van der Waals surface area contributed by atoms with Gasteiger partial charge in [0.2, 0.25) is 11.8 Å². The van der Waals surface area contributed by atoms with Crippen molar-refractivity contribution in [1.82, 2.24) is 19.9 Å². The Morgan fingerprint density at radius 1 is 1.09 bits per heavy atom. The molecule has 2 heterocycles. The fourth-order valence-electron chi connectivity index (χ4n) is 3.62. The first-order valence-electron chi connectivity index (χ1n) is 10.5. The van der Waals surface area contributed by atoms with Gasteiger partial charge in [0.25, 0.3) is 5.91 Å². The Bertz CT molecular complexity index is 1130. The van der Waals surface area contributed by atoms with Crippen LogP contribution in [0.3, 0.4) is 0 Å². The van der Waals surface area contributed by atoms with E-state index in [4.69, 9.17) is 20.9 Å². The van der Waals surface area contributed by atoms with E-state index in [1.807, 2.05) is 12.1 Å². The number of hydrogen-bond donors (Lipinski definition) is 1. The predicted molar refractivity (Wildman–Crippen MR) is 122 cm³/mol. The molecule has 1 N–H and O–H groups in total. The van der Waals surface area contributed by atoms with Crippen molar-refractivity contribution < 1.29 is 18.8 Å². The van der Waals surface area contributed by atoms with Crippen LogP contribution in [0.2, 0.25) is 5.02 Å². The predicted octanol–water partition coefficient (Wildman–Crippen LogP) is 2.87. The summed E-state index contributed by atoms with van der Waals surface area (Å²) in [5.41, 5.74) is 1.10. The summed E-state index contributed by atoms with van der Waals surface area (Å²) in [6, 6.07) is 14.2. The minimum atomic E-state index is -0.265. The van der Waals surface area contributed by atoms with E-state index in [-0.39, 0.29) is 18.2 Å². The zero-order valence-corrected chi connectivity index (χ0v) is 18.9. The Morgan fingerprint density at radius 2 is 1.82 bits per heavy atom. The molecule has 0 atom stereocenters. The molecule has 10 heteroatoms. The average molecular weight is 470 g/mol. The number of amides is 2. The summed E-state index contributed by atoms with van der Waals surface area (Å²) in [4.78, 5) is 33.3. The number of nitrogens with one attached hydrogen (secondary N) is 1. The Labute approximate surface area is 196 Å². The highest BCUT2D eigenvalue weighted by Gasteiger charge is 2.24. The summed E-state index contributed by atoms with van der Waals surface area (Å²) in [7, 11) is 1.54. The van der Waals surface area contributed by atoms with Crippen LogP contribution < -0.4 is 10.1 Å². The van der Waals surface area contributed by atoms with E-state index in [0.717, 1.165) is 0 Å². The Balaban J connectivity index is 1.27. The van der Waals surface area contributed by atoms with Crippen molar-refractivity contribution in [2.24, 2.45) is 0 Å². The quantitative estimate of drug-likeness (QED) is 0.567. The molecular weight excluding hydrogens is 446 g/mol. The van der Waals surface area contributed by atoms with Crippen molar-refractivity contribution in [3.05, 3.63) is 70.8 Å². The Hall–Kier alpha value is -3.43. The van der Waals surface area contributed by atoms with Gasteiger partial charge in [0.05, 0.1) is 36.3 Å². The van der Waals surface area contributed by atoms with Crippen LogP contribution in [0.4, 0.5) is 5.69 Å². The molecule has 33 heavy (non-hydrogen) atoms. The zero-order chi connectivity index (χ0) is 23.2. The zero-order valence-electron chi connectivity index (χ0n) is 18.2. The van der Waals surface area contributed by atoms with Crippen LogP contribution in [0.25, 0.3) is 0 Å². The molecule has 1 aliphatic rings. The normalized spacial score (nSPS) is 14.2. The molecule has 2 amide bonds. The number of ether oxygens (including phenoxy) is 1. The molecule has 0 spiro atoms. The van der Waals surface area contributed by atoms with Gasteiger partial charge in [-0.25, -0.2) is 0 Å². The van der Waals surface area contributed by atoms with Crippen molar-refractivity contribution >= 4 is 29.1 Å². The highest BCUT2D eigenvalue weighted by molar-refractivity contribution is 6.33. The summed E-state index contributed by atoms with van der Waals surface area (Å²) in [5, 5.41) is 7.16. The number of hydrogen-bond acceptors (Lipinski definition) is 7. The number of halogens is 1. The number of anilines is 1. The number of carbonyl (C=O) groups excluding carboxylic acids is 2. The average Bonchev–Trinajstić information content (AvgIpc) is 3.26. The smallest absolute Gasteiger partial charge is 0.255 e. The van der Waals surface area contributed by atoms with E-state index >= 15 is 0 Å². The lowest BCUT2D eigenvalue weighted by Gasteiger charge is -2.34. The summed E-state index contributed by atoms with van der Waals surface area (Å²) in [5.74, 6) is 0.984. The maximum atomic E-state index is 12.7. The topological polar surface area (TPSA) is 101 Å². The molecule has 1 saturated heterocycles. The number of aromatic nitrogens is 2. The van der Waals surface area contributed by atoms with Crippen LogP contribution in [0.5, 0.6) is 5.75 Å². The molecule has 0 unspecified atom stereocenters. The molecule has 2 aromatic carbocycles. The van der Waals surface area contributed by atoms with Gasteiger partial charge in [-0.05, 0) is 24.3 Å². The first kappa shape index (κ1) is 22.8. The van der Waals surface area contributed by atoms with Crippen molar-refractivity contribution in [1.29, 1.82) is 0 Å². The van der Waals surface area contributed by atoms with Crippen molar-refractivity contribution in [2.75, 3.05) is 38.6 Å². The van der Waals surface area contributed by atoms with Gasteiger partial charge in [-0.1, -0.05) is 41.0 Å². The first-order valence-corrected chi connectivity index (χ1v) is 10.9.